The van der Waals surface area contributed by atoms with Gasteiger partial charge in [0.1, 0.15) is 41.6 Å². The average Bonchev–Trinajstić information content (AvgIpc) is 3.50. The van der Waals surface area contributed by atoms with Gasteiger partial charge in [0.15, 0.2) is 11.8 Å². The van der Waals surface area contributed by atoms with E-state index in [-0.39, 0.29) is 41.3 Å². The molecule has 1 unspecified atom stereocenters. The second kappa shape index (κ2) is 9.51. The topological polar surface area (TPSA) is 137 Å². The van der Waals surface area contributed by atoms with Crippen LogP contribution in [-0.2, 0) is 20.9 Å². The van der Waals surface area contributed by atoms with Crippen LogP contribution in [0.15, 0.2) is 18.2 Å². The fourth-order valence-corrected chi connectivity index (χ4v) is 4.09. The van der Waals surface area contributed by atoms with Crippen molar-refractivity contribution in [3.8, 4) is 11.9 Å². The molecule has 0 radical (unpaired) electrons. The molecule has 2 aromatic heterocycles. The number of aliphatic hydroxyl groups is 1. The monoisotopic (exact) mass is 512 g/mol. The highest BCUT2D eigenvalue weighted by atomic mass is 35.5. The molecule has 2 aliphatic rings. The van der Waals surface area contributed by atoms with E-state index >= 15 is 0 Å². The number of aliphatic hydroxyl groups excluding tert-OH is 1. The third kappa shape index (κ3) is 4.60. The van der Waals surface area contributed by atoms with E-state index in [1.807, 2.05) is 5.48 Å². The molecule has 0 aliphatic carbocycles. The van der Waals surface area contributed by atoms with Gasteiger partial charge in [-0.15, -0.1) is 0 Å². The summed E-state index contributed by atoms with van der Waals surface area (Å²) in [6.45, 7) is -0.162. The molecule has 11 nitrogen and oxygen atoms in total. The molecule has 4 heterocycles. The highest BCUT2D eigenvalue weighted by molar-refractivity contribution is 6.32. The Balaban J connectivity index is 1.30. The van der Waals surface area contributed by atoms with Crippen molar-refractivity contribution in [1.82, 2.24) is 20.4 Å². The van der Waals surface area contributed by atoms with Crippen molar-refractivity contribution in [2.45, 2.75) is 31.0 Å². The first-order valence-corrected chi connectivity index (χ1v) is 10.8. The number of imidazole rings is 1. The van der Waals surface area contributed by atoms with Crippen LogP contribution in [0.25, 0.3) is 11.2 Å². The van der Waals surface area contributed by atoms with E-state index in [0.29, 0.717) is 5.52 Å². The molecule has 1 amide bonds. The number of pyridine rings is 1. The van der Waals surface area contributed by atoms with Crippen LogP contribution in [0.5, 0.6) is 11.9 Å². The summed E-state index contributed by atoms with van der Waals surface area (Å²) in [6, 6.07) is 3.32. The number of rotatable bonds is 7. The summed E-state index contributed by atoms with van der Waals surface area (Å²) in [5.74, 6) is -2.89. The smallest absolute Gasteiger partial charge is 0.296 e. The number of amides is 1. The minimum absolute atomic E-state index is 0.0659. The quantitative estimate of drug-likeness (QED) is 0.404. The van der Waals surface area contributed by atoms with Crippen molar-refractivity contribution in [2.24, 2.45) is 0 Å². The highest BCUT2D eigenvalue weighted by Crippen LogP contribution is 2.31. The van der Waals surface area contributed by atoms with Crippen molar-refractivity contribution in [2.75, 3.05) is 20.3 Å². The maximum absolute atomic E-state index is 14.4. The molecule has 2 fully saturated rings. The molecule has 3 aromatic rings. The van der Waals surface area contributed by atoms with Crippen LogP contribution in [0.4, 0.5) is 8.78 Å². The molecule has 0 bridgehead atoms. The summed E-state index contributed by atoms with van der Waals surface area (Å²) < 4.78 is 51.1. The molecule has 0 spiro atoms. The second-order valence-electron chi connectivity index (χ2n) is 7.85. The normalized spacial score (nSPS) is 23.5. The number of fused-ring (bicyclic) bond motifs is 2. The van der Waals surface area contributed by atoms with Gasteiger partial charge in [-0.3, -0.25) is 9.63 Å². The number of halogens is 3. The number of aromatic amines is 1. The lowest BCUT2D eigenvalue weighted by molar-refractivity contribution is 0.00706. The molecule has 2 saturated heterocycles. The van der Waals surface area contributed by atoms with Gasteiger partial charge in [0.25, 0.3) is 11.9 Å². The molecule has 5 rings (SSSR count). The van der Waals surface area contributed by atoms with Gasteiger partial charge in [0, 0.05) is 5.56 Å². The van der Waals surface area contributed by atoms with Crippen molar-refractivity contribution in [3.05, 3.63) is 46.0 Å². The van der Waals surface area contributed by atoms with E-state index in [2.05, 4.69) is 19.8 Å². The zero-order valence-electron chi connectivity index (χ0n) is 18.1. The van der Waals surface area contributed by atoms with Crippen LogP contribution in [0, 0.1) is 11.6 Å². The zero-order valence-corrected chi connectivity index (χ0v) is 18.8. The first kappa shape index (κ1) is 23.6. The van der Waals surface area contributed by atoms with Crippen LogP contribution in [0.3, 0.4) is 0 Å². The van der Waals surface area contributed by atoms with Crippen LogP contribution >= 0.6 is 11.6 Å². The molecule has 186 valence electrons. The van der Waals surface area contributed by atoms with Crippen molar-refractivity contribution < 1.29 is 42.5 Å². The maximum atomic E-state index is 14.4. The van der Waals surface area contributed by atoms with Crippen molar-refractivity contribution in [1.29, 1.82) is 0 Å². The Kier molecular flexibility index (Phi) is 6.42. The number of hydroxylamine groups is 1. The molecular weight excluding hydrogens is 494 g/mol. The van der Waals surface area contributed by atoms with Gasteiger partial charge in [0.05, 0.1) is 31.4 Å². The Morgan fingerprint density at radius 3 is 2.71 bits per heavy atom. The number of H-pyrrole nitrogens is 1. The first-order chi connectivity index (χ1) is 16.8. The molecule has 4 atom stereocenters. The SMILES string of the molecule is CONC(=O)c1cc(F)c(COc2nc3nc(O[C@@H]4COC5[C@H](O)CO[C@@H]54)[nH]c3cc2Cl)c(F)c1. The Bertz CT molecular complexity index is 1250. The Hall–Kier alpha value is -3.10. The third-order valence-electron chi connectivity index (χ3n) is 5.57. The van der Waals surface area contributed by atoms with Gasteiger partial charge in [-0.25, -0.2) is 14.3 Å². The van der Waals surface area contributed by atoms with Gasteiger partial charge in [-0.1, -0.05) is 11.6 Å². The molecule has 14 heteroatoms. The standard InChI is InChI=1S/C21H19ClF2N4O7/c1-31-28-19(30)8-2-11(23)9(12(24)3-8)5-34-20-10(22)4-13-18(26-20)27-21(25-13)35-15-7-33-16-14(29)6-32-17(15)16/h2-4,14-17,29H,5-7H2,1H3,(H,28,30)(H,25,26,27)/t14-,15-,16?,17-/m1/s1. The van der Waals surface area contributed by atoms with E-state index in [4.69, 9.17) is 30.5 Å². The summed E-state index contributed by atoms with van der Waals surface area (Å²) in [5.41, 5.74) is 1.93. The van der Waals surface area contributed by atoms with Gasteiger partial charge in [0.2, 0.25) is 5.88 Å². The first-order valence-electron chi connectivity index (χ1n) is 10.4. The third-order valence-corrected chi connectivity index (χ3v) is 5.84. The number of nitrogens with zero attached hydrogens (tertiary/aromatic N) is 2. The minimum atomic E-state index is -0.991. The molecule has 35 heavy (non-hydrogen) atoms. The Morgan fingerprint density at radius 1 is 1.23 bits per heavy atom. The predicted octanol–water partition coefficient (Wildman–Crippen LogP) is 1.67. The number of aromatic nitrogens is 3. The zero-order chi connectivity index (χ0) is 24.7. The molecular formula is C21H19ClF2N4O7. The van der Waals surface area contributed by atoms with Crippen LogP contribution in [-0.4, -0.2) is 70.7 Å². The Morgan fingerprint density at radius 2 is 1.97 bits per heavy atom. The number of nitrogens with one attached hydrogen (secondary N) is 2. The summed E-state index contributed by atoms with van der Waals surface area (Å²) in [5, 5.41) is 9.91. The molecule has 3 N–H and O–H groups in total. The lowest BCUT2D eigenvalue weighted by atomic mass is 10.1. The van der Waals surface area contributed by atoms with E-state index in [9.17, 15) is 18.7 Å². The lowest BCUT2D eigenvalue weighted by Crippen LogP contribution is -2.34. The summed E-state index contributed by atoms with van der Waals surface area (Å²) in [4.78, 5) is 27.5. The van der Waals surface area contributed by atoms with E-state index in [1.165, 1.54) is 13.2 Å². The van der Waals surface area contributed by atoms with Crippen molar-refractivity contribution in [3.63, 3.8) is 0 Å². The summed E-state index contributed by atoms with van der Waals surface area (Å²) >= 11 is 6.22. The Labute approximate surface area is 201 Å². The average molecular weight is 513 g/mol. The number of hydrogen-bond donors (Lipinski definition) is 3. The van der Waals surface area contributed by atoms with Crippen LogP contribution in [0.2, 0.25) is 5.02 Å². The predicted molar refractivity (Wildman–Crippen MR) is 114 cm³/mol. The fraction of sp³-hybridized carbons (Fsp3) is 0.381. The van der Waals surface area contributed by atoms with Gasteiger partial charge < -0.3 is 29.0 Å². The molecule has 1 aromatic carbocycles. The van der Waals surface area contributed by atoms with Gasteiger partial charge in [-0.2, -0.15) is 9.97 Å². The second-order valence-corrected chi connectivity index (χ2v) is 8.26. The number of ether oxygens (including phenoxy) is 4. The van der Waals surface area contributed by atoms with E-state index in [1.54, 1.807) is 0 Å². The van der Waals surface area contributed by atoms with E-state index < -0.39 is 54.1 Å². The number of hydrogen-bond acceptors (Lipinski definition) is 9. The number of carbonyl (C=O) groups is 1. The fourth-order valence-electron chi connectivity index (χ4n) is 3.89. The summed E-state index contributed by atoms with van der Waals surface area (Å²) in [7, 11) is 1.20. The number of carbonyl (C=O) groups excluding carboxylic acids is 1. The lowest BCUT2D eigenvalue weighted by Gasteiger charge is -2.15. The number of benzene rings is 1. The minimum Gasteiger partial charge on any atom is -0.471 e. The van der Waals surface area contributed by atoms with E-state index in [0.717, 1.165) is 12.1 Å². The summed E-state index contributed by atoms with van der Waals surface area (Å²) in [6.07, 6.45) is -2.08. The maximum Gasteiger partial charge on any atom is 0.296 e. The van der Waals surface area contributed by atoms with Gasteiger partial charge >= 0.3 is 0 Å². The largest absolute Gasteiger partial charge is 0.471 e. The van der Waals surface area contributed by atoms with Crippen LogP contribution < -0.4 is 15.0 Å². The molecule has 2 aliphatic heterocycles. The molecule has 0 saturated carbocycles. The van der Waals surface area contributed by atoms with Crippen LogP contribution in [0.1, 0.15) is 15.9 Å². The van der Waals surface area contributed by atoms with Crippen molar-refractivity contribution >= 4 is 28.7 Å². The van der Waals surface area contributed by atoms with Gasteiger partial charge in [-0.05, 0) is 18.2 Å². The highest BCUT2D eigenvalue weighted by Gasteiger charge is 2.48.